The Kier molecular flexibility index (Phi) is 5.72. The van der Waals surface area contributed by atoms with Crippen molar-refractivity contribution in [2.45, 2.75) is 46.1 Å². The van der Waals surface area contributed by atoms with Gasteiger partial charge in [-0.25, -0.2) is 0 Å². The van der Waals surface area contributed by atoms with Gasteiger partial charge in [-0.3, -0.25) is 0 Å². The van der Waals surface area contributed by atoms with E-state index < -0.39 is 0 Å². The molecule has 0 aliphatic carbocycles. The summed E-state index contributed by atoms with van der Waals surface area (Å²) >= 11 is 0. The lowest BCUT2D eigenvalue weighted by Gasteiger charge is -2.19. The molecule has 76 valence electrons. The highest BCUT2D eigenvalue weighted by atomic mass is 16.5. The highest BCUT2D eigenvalue weighted by Crippen LogP contribution is 2.12. The third-order valence-electron chi connectivity index (χ3n) is 1.77. The molecule has 0 N–H and O–H groups in total. The zero-order valence-corrected chi connectivity index (χ0v) is 9.39. The Morgan fingerprint density at radius 1 is 1.46 bits per heavy atom. The van der Waals surface area contributed by atoms with E-state index in [9.17, 15) is 0 Å². The smallest absolute Gasteiger partial charge is 0.0806 e. The molecule has 0 rings (SSSR count). The highest BCUT2D eigenvalue weighted by molar-refractivity contribution is 4.99. The SMILES string of the molecule is C=C(C)CCC=CC(C)(C)OCC. The minimum atomic E-state index is -0.121. The van der Waals surface area contributed by atoms with Gasteiger partial charge in [0.05, 0.1) is 5.60 Å². The number of hydrogen-bond donors (Lipinski definition) is 0. The Labute approximate surface area is 82.5 Å². The van der Waals surface area contributed by atoms with Gasteiger partial charge in [-0.05, 0) is 40.5 Å². The minimum Gasteiger partial charge on any atom is -0.372 e. The van der Waals surface area contributed by atoms with E-state index >= 15 is 0 Å². The van der Waals surface area contributed by atoms with Gasteiger partial charge < -0.3 is 4.74 Å². The first-order chi connectivity index (χ1) is 5.98. The van der Waals surface area contributed by atoms with Crippen LogP contribution in [0.3, 0.4) is 0 Å². The molecule has 0 bridgehead atoms. The second kappa shape index (κ2) is 5.98. The van der Waals surface area contributed by atoms with Gasteiger partial charge in [0.2, 0.25) is 0 Å². The lowest BCUT2D eigenvalue weighted by molar-refractivity contribution is 0.0283. The number of hydrogen-bond acceptors (Lipinski definition) is 1. The van der Waals surface area contributed by atoms with Crippen molar-refractivity contribution < 1.29 is 4.74 Å². The number of rotatable bonds is 6. The predicted octanol–water partition coefficient (Wildman–Crippen LogP) is 3.71. The molecule has 0 saturated carbocycles. The Balaban J connectivity index is 3.75. The summed E-state index contributed by atoms with van der Waals surface area (Å²) in [6.07, 6.45) is 6.42. The van der Waals surface area contributed by atoms with Gasteiger partial charge in [0.25, 0.3) is 0 Å². The van der Waals surface area contributed by atoms with Gasteiger partial charge in [-0.2, -0.15) is 0 Å². The third-order valence-corrected chi connectivity index (χ3v) is 1.77. The maximum absolute atomic E-state index is 5.53. The fraction of sp³-hybridized carbons (Fsp3) is 0.667. The summed E-state index contributed by atoms with van der Waals surface area (Å²) in [5.74, 6) is 0. The molecule has 0 radical (unpaired) electrons. The van der Waals surface area contributed by atoms with Crippen molar-refractivity contribution >= 4 is 0 Å². The van der Waals surface area contributed by atoms with E-state index in [1.807, 2.05) is 6.92 Å². The lowest BCUT2D eigenvalue weighted by atomic mass is 10.1. The molecule has 0 fully saturated rings. The van der Waals surface area contributed by atoms with Crippen LogP contribution in [0.15, 0.2) is 24.3 Å². The van der Waals surface area contributed by atoms with Gasteiger partial charge in [0.15, 0.2) is 0 Å². The predicted molar refractivity (Wildman–Crippen MR) is 58.9 cm³/mol. The zero-order valence-electron chi connectivity index (χ0n) is 9.39. The van der Waals surface area contributed by atoms with Crippen LogP contribution in [0, 0.1) is 0 Å². The highest BCUT2D eigenvalue weighted by Gasteiger charge is 2.11. The normalized spacial score (nSPS) is 12.3. The van der Waals surface area contributed by atoms with Crippen molar-refractivity contribution in [3.8, 4) is 0 Å². The molecule has 0 heterocycles. The molecule has 0 atom stereocenters. The van der Waals surface area contributed by atoms with Crippen LogP contribution < -0.4 is 0 Å². The van der Waals surface area contributed by atoms with Gasteiger partial charge in [-0.15, -0.1) is 6.58 Å². The van der Waals surface area contributed by atoms with Crippen LogP contribution in [0.1, 0.15) is 40.5 Å². The van der Waals surface area contributed by atoms with Crippen molar-refractivity contribution in [3.63, 3.8) is 0 Å². The standard InChI is InChI=1S/C12H22O/c1-6-13-12(4,5)10-8-7-9-11(2)3/h8,10H,2,6-7,9H2,1,3-5H3. The quantitative estimate of drug-likeness (QED) is 0.569. The molecular formula is C12H22O. The monoisotopic (exact) mass is 182 g/mol. The second-order valence-electron chi connectivity index (χ2n) is 3.93. The minimum absolute atomic E-state index is 0.121. The Morgan fingerprint density at radius 2 is 2.08 bits per heavy atom. The average molecular weight is 182 g/mol. The Bertz CT molecular complexity index is 178. The van der Waals surface area contributed by atoms with Crippen LogP contribution in [0.2, 0.25) is 0 Å². The lowest BCUT2D eigenvalue weighted by Crippen LogP contribution is -2.20. The van der Waals surface area contributed by atoms with Crippen molar-refractivity contribution in [1.29, 1.82) is 0 Å². The Morgan fingerprint density at radius 3 is 2.54 bits per heavy atom. The van der Waals surface area contributed by atoms with E-state index in [4.69, 9.17) is 4.74 Å². The van der Waals surface area contributed by atoms with Crippen molar-refractivity contribution in [1.82, 2.24) is 0 Å². The van der Waals surface area contributed by atoms with Crippen LogP contribution >= 0.6 is 0 Å². The van der Waals surface area contributed by atoms with E-state index in [1.54, 1.807) is 0 Å². The van der Waals surface area contributed by atoms with Crippen LogP contribution in [-0.4, -0.2) is 12.2 Å². The summed E-state index contributed by atoms with van der Waals surface area (Å²) in [5, 5.41) is 0. The molecule has 1 heteroatoms. The molecule has 0 amide bonds. The van der Waals surface area contributed by atoms with E-state index in [1.165, 1.54) is 5.57 Å². The maximum atomic E-state index is 5.53. The van der Waals surface area contributed by atoms with Crippen molar-refractivity contribution in [3.05, 3.63) is 24.3 Å². The summed E-state index contributed by atoms with van der Waals surface area (Å²) in [7, 11) is 0. The van der Waals surface area contributed by atoms with Gasteiger partial charge in [0, 0.05) is 6.61 Å². The van der Waals surface area contributed by atoms with Gasteiger partial charge in [-0.1, -0.05) is 17.7 Å². The first-order valence-corrected chi connectivity index (χ1v) is 4.94. The third kappa shape index (κ3) is 7.79. The molecule has 0 unspecified atom stereocenters. The van der Waals surface area contributed by atoms with Gasteiger partial charge >= 0.3 is 0 Å². The average Bonchev–Trinajstić information content (AvgIpc) is 1.98. The summed E-state index contributed by atoms with van der Waals surface area (Å²) in [6, 6.07) is 0. The van der Waals surface area contributed by atoms with E-state index in [2.05, 4.69) is 39.5 Å². The molecule has 0 aromatic heterocycles. The summed E-state index contributed by atoms with van der Waals surface area (Å²) < 4.78 is 5.53. The molecule has 1 nitrogen and oxygen atoms in total. The molecule has 0 aromatic rings. The molecule has 0 saturated heterocycles. The first kappa shape index (κ1) is 12.4. The summed E-state index contributed by atoms with van der Waals surface area (Å²) in [6.45, 7) is 12.9. The summed E-state index contributed by atoms with van der Waals surface area (Å²) in [4.78, 5) is 0. The van der Waals surface area contributed by atoms with Crippen molar-refractivity contribution in [2.75, 3.05) is 6.61 Å². The van der Waals surface area contributed by atoms with Crippen LogP contribution in [0.5, 0.6) is 0 Å². The first-order valence-electron chi connectivity index (χ1n) is 4.94. The van der Waals surface area contributed by atoms with Crippen LogP contribution in [0.4, 0.5) is 0 Å². The number of ether oxygens (including phenoxy) is 1. The molecule has 0 aromatic carbocycles. The van der Waals surface area contributed by atoms with Crippen molar-refractivity contribution in [2.24, 2.45) is 0 Å². The zero-order chi connectivity index (χ0) is 10.3. The molecule has 0 aliphatic heterocycles. The fourth-order valence-electron chi connectivity index (χ4n) is 1.12. The fourth-order valence-corrected chi connectivity index (χ4v) is 1.12. The van der Waals surface area contributed by atoms with E-state index in [-0.39, 0.29) is 5.60 Å². The summed E-state index contributed by atoms with van der Waals surface area (Å²) in [5.41, 5.74) is 1.11. The molecular weight excluding hydrogens is 160 g/mol. The van der Waals surface area contributed by atoms with E-state index in [0.717, 1.165) is 19.4 Å². The topological polar surface area (TPSA) is 9.23 Å². The largest absolute Gasteiger partial charge is 0.372 e. The molecule has 13 heavy (non-hydrogen) atoms. The Hall–Kier alpha value is -0.560. The second-order valence-corrected chi connectivity index (χ2v) is 3.93. The molecule has 0 aliphatic rings. The molecule has 0 spiro atoms. The van der Waals surface area contributed by atoms with Crippen LogP contribution in [-0.2, 0) is 4.74 Å². The van der Waals surface area contributed by atoms with E-state index in [0.29, 0.717) is 0 Å². The van der Waals surface area contributed by atoms with Gasteiger partial charge in [0.1, 0.15) is 0 Å². The van der Waals surface area contributed by atoms with Crippen LogP contribution in [0.25, 0.3) is 0 Å². The number of allylic oxidation sites excluding steroid dienone is 2. The maximum Gasteiger partial charge on any atom is 0.0806 e.